The Morgan fingerprint density at radius 3 is 2.64 bits per heavy atom. The first-order chi connectivity index (χ1) is 13.7. The summed E-state index contributed by atoms with van der Waals surface area (Å²) in [6.45, 7) is 2.44. The molecule has 2 heterocycles. The number of amides is 1. The van der Waals surface area contributed by atoms with Gasteiger partial charge in [-0.2, -0.15) is 0 Å². The SMILES string of the molecule is COc1ccc(CCNC(=O)C2CCN(c3nc4ccccc4s3)CC2)cc1. The predicted octanol–water partition coefficient (Wildman–Crippen LogP) is 3.88. The summed E-state index contributed by atoms with van der Waals surface area (Å²) < 4.78 is 6.39. The number of hydrogen-bond donors (Lipinski definition) is 1. The maximum Gasteiger partial charge on any atom is 0.223 e. The van der Waals surface area contributed by atoms with Gasteiger partial charge >= 0.3 is 0 Å². The molecule has 1 saturated heterocycles. The van der Waals surface area contributed by atoms with E-state index >= 15 is 0 Å². The van der Waals surface area contributed by atoms with Crippen molar-refractivity contribution in [1.82, 2.24) is 10.3 Å². The van der Waals surface area contributed by atoms with Crippen LogP contribution in [0.3, 0.4) is 0 Å². The Morgan fingerprint density at radius 2 is 1.93 bits per heavy atom. The van der Waals surface area contributed by atoms with Gasteiger partial charge in [0, 0.05) is 25.6 Å². The van der Waals surface area contributed by atoms with Gasteiger partial charge in [0.25, 0.3) is 0 Å². The molecular formula is C22H25N3O2S. The molecule has 1 amide bonds. The summed E-state index contributed by atoms with van der Waals surface area (Å²) in [5, 5.41) is 4.17. The first-order valence-electron chi connectivity index (χ1n) is 9.74. The van der Waals surface area contributed by atoms with Gasteiger partial charge in [-0.3, -0.25) is 4.79 Å². The fraction of sp³-hybridized carbons (Fsp3) is 0.364. The normalized spacial score (nSPS) is 15.0. The fourth-order valence-corrected chi connectivity index (χ4v) is 4.61. The third kappa shape index (κ3) is 4.28. The second kappa shape index (κ2) is 8.61. The zero-order chi connectivity index (χ0) is 19.3. The summed E-state index contributed by atoms with van der Waals surface area (Å²) in [6, 6.07) is 16.2. The Kier molecular flexibility index (Phi) is 5.76. The van der Waals surface area contributed by atoms with E-state index in [0.717, 1.165) is 48.7 Å². The highest BCUT2D eigenvalue weighted by Gasteiger charge is 2.26. The molecule has 28 heavy (non-hydrogen) atoms. The number of methoxy groups -OCH3 is 1. The quantitative estimate of drug-likeness (QED) is 0.688. The smallest absolute Gasteiger partial charge is 0.223 e. The fourth-order valence-electron chi connectivity index (χ4n) is 3.59. The molecule has 1 aromatic heterocycles. The molecule has 6 heteroatoms. The van der Waals surface area contributed by atoms with Crippen LogP contribution in [0, 0.1) is 5.92 Å². The summed E-state index contributed by atoms with van der Waals surface area (Å²) in [6.07, 6.45) is 2.59. The molecule has 0 aliphatic carbocycles. The van der Waals surface area contributed by atoms with E-state index in [-0.39, 0.29) is 11.8 Å². The van der Waals surface area contributed by atoms with Crippen LogP contribution >= 0.6 is 11.3 Å². The number of fused-ring (bicyclic) bond motifs is 1. The number of nitrogens with one attached hydrogen (secondary N) is 1. The van der Waals surface area contributed by atoms with Crippen LogP contribution in [0.25, 0.3) is 10.2 Å². The van der Waals surface area contributed by atoms with Crippen molar-refractivity contribution in [2.24, 2.45) is 5.92 Å². The highest BCUT2D eigenvalue weighted by Crippen LogP contribution is 2.31. The molecule has 1 N–H and O–H groups in total. The van der Waals surface area contributed by atoms with Gasteiger partial charge in [0.1, 0.15) is 5.75 Å². The number of aromatic nitrogens is 1. The van der Waals surface area contributed by atoms with Gasteiger partial charge in [-0.25, -0.2) is 4.98 Å². The van der Waals surface area contributed by atoms with Gasteiger partial charge in [0.05, 0.1) is 17.3 Å². The zero-order valence-electron chi connectivity index (χ0n) is 16.1. The van der Waals surface area contributed by atoms with E-state index in [4.69, 9.17) is 9.72 Å². The second-order valence-electron chi connectivity index (χ2n) is 7.11. The van der Waals surface area contributed by atoms with Crippen molar-refractivity contribution in [3.63, 3.8) is 0 Å². The number of anilines is 1. The van der Waals surface area contributed by atoms with Crippen LogP contribution in [0.4, 0.5) is 5.13 Å². The van der Waals surface area contributed by atoms with Gasteiger partial charge in [-0.05, 0) is 49.1 Å². The molecule has 0 atom stereocenters. The third-order valence-electron chi connectivity index (χ3n) is 5.29. The number of benzene rings is 2. The molecular weight excluding hydrogens is 370 g/mol. The third-order valence-corrected chi connectivity index (χ3v) is 6.39. The molecule has 146 valence electrons. The number of nitrogens with zero attached hydrogens (tertiary/aromatic N) is 2. The zero-order valence-corrected chi connectivity index (χ0v) is 16.9. The van der Waals surface area contributed by atoms with Crippen LogP contribution in [-0.4, -0.2) is 37.6 Å². The lowest BCUT2D eigenvalue weighted by Gasteiger charge is -2.31. The predicted molar refractivity (Wildman–Crippen MR) is 114 cm³/mol. The lowest BCUT2D eigenvalue weighted by molar-refractivity contribution is -0.125. The summed E-state index contributed by atoms with van der Waals surface area (Å²) in [7, 11) is 1.66. The molecule has 0 radical (unpaired) electrons. The first-order valence-corrected chi connectivity index (χ1v) is 10.6. The topological polar surface area (TPSA) is 54.5 Å². The Balaban J connectivity index is 1.24. The number of carbonyl (C=O) groups is 1. The molecule has 5 nitrogen and oxygen atoms in total. The Bertz CT molecular complexity index is 897. The molecule has 2 aromatic carbocycles. The van der Waals surface area contributed by atoms with Gasteiger partial charge in [0.2, 0.25) is 5.91 Å². The van der Waals surface area contributed by atoms with E-state index in [0.29, 0.717) is 6.54 Å². The van der Waals surface area contributed by atoms with Crippen LogP contribution in [0.2, 0.25) is 0 Å². The van der Waals surface area contributed by atoms with E-state index in [1.54, 1.807) is 18.4 Å². The average molecular weight is 396 g/mol. The number of para-hydroxylation sites is 1. The largest absolute Gasteiger partial charge is 0.497 e. The summed E-state index contributed by atoms with van der Waals surface area (Å²) in [5.74, 6) is 1.13. The minimum absolute atomic E-state index is 0.0986. The standard InChI is InChI=1S/C22H25N3O2S/c1-27-18-8-6-16(7-9-18)10-13-23-21(26)17-11-14-25(15-12-17)22-24-19-4-2-3-5-20(19)28-22/h2-9,17H,10-15H2,1H3,(H,23,26). The van der Waals surface area contributed by atoms with Gasteiger partial charge in [0.15, 0.2) is 5.13 Å². The van der Waals surface area contributed by atoms with Crippen molar-refractivity contribution >= 4 is 32.6 Å². The van der Waals surface area contributed by atoms with Gasteiger partial charge in [-0.1, -0.05) is 35.6 Å². The molecule has 4 rings (SSSR count). The highest BCUT2D eigenvalue weighted by molar-refractivity contribution is 7.22. The highest BCUT2D eigenvalue weighted by atomic mass is 32.1. The number of hydrogen-bond acceptors (Lipinski definition) is 5. The van der Waals surface area contributed by atoms with Crippen LogP contribution in [0.5, 0.6) is 5.75 Å². The van der Waals surface area contributed by atoms with Crippen molar-refractivity contribution in [1.29, 1.82) is 0 Å². The van der Waals surface area contributed by atoms with Gasteiger partial charge in [-0.15, -0.1) is 0 Å². The number of piperidine rings is 1. The molecule has 0 spiro atoms. The van der Waals surface area contributed by atoms with E-state index in [1.165, 1.54) is 10.3 Å². The van der Waals surface area contributed by atoms with Gasteiger partial charge < -0.3 is 15.0 Å². The van der Waals surface area contributed by atoms with E-state index < -0.39 is 0 Å². The molecule has 3 aromatic rings. The molecule has 0 saturated carbocycles. The van der Waals surface area contributed by atoms with Crippen LogP contribution in [0.15, 0.2) is 48.5 Å². The van der Waals surface area contributed by atoms with E-state index in [1.807, 2.05) is 36.4 Å². The summed E-state index contributed by atoms with van der Waals surface area (Å²) >= 11 is 1.73. The number of carbonyl (C=O) groups excluding carboxylic acids is 1. The van der Waals surface area contributed by atoms with Crippen LogP contribution in [0.1, 0.15) is 18.4 Å². The summed E-state index contributed by atoms with van der Waals surface area (Å²) in [5.41, 5.74) is 2.26. The maximum atomic E-state index is 12.5. The number of rotatable bonds is 6. The first kappa shape index (κ1) is 18.7. The second-order valence-corrected chi connectivity index (χ2v) is 8.12. The lowest BCUT2D eigenvalue weighted by Crippen LogP contribution is -2.41. The Labute approximate surface area is 169 Å². The van der Waals surface area contributed by atoms with Crippen LogP contribution < -0.4 is 15.0 Å². The minimum Gasteiger partial charge on any atom is -0.497 e. The summed E-state index contributed by atoms with van der Waals surface area (Å²) in [4.78, 5) is 19.6. The van der Waals surface area contributed by atoms with Crippen LogP contribution in [-0.2, 0) is 11.2 Å². The van der Waals surface area contributed by atoms with Crippen molar-refractivity contribution in [3.05, 3.63) is 54.1 Å². The monoisotopic (exact) mass is 395 g/mol. The van der Waals surface area contributed by atoms with Crippen molar-refractivity contribution in [2.45, 2.75) is 19.3 Å². The maximum absolute atomic E-state index is 12.5. The number of thiazole rings is 1. The average Bonchev–Trinajstić information content (AvgIpc) is 3.18. The van der Waals surface area contributed by atoms with E-state index in [9.17, 15) is 4.79 Å². The molecule has 1 fully saturated rings. The molecule has 1 aliphatic rings. The van der Waals surface area contributed by atoms with Crippen molar-refractivity contribution < 1.29 is 9.53 Å². The molecule has 0 unspecified atom stereocenters. The lowest BCUT2D eigenvalue weighted by atomic mass is 9.96. The Morgan fingerprint density at radius 1 is 1.18 bits per heavy atom. The molecule has 1 aliphatic heterocycles. The molecule has 0 bridgehead atoms. The van der Waals surface area contributed by atoms with Crippen molar-refractivity contribution in [2.75, 3.05) is 31.6 Å². The van der Waals surface area contributed by atoms with E-state index in [2.05, 4.69) is 22.3 Å². The Hall–Kier alpha value is -2.60. The minimum atomic E-state index is 0.0986. The number of ether oxygens (including phenoxy) is 1. The van der Waals surface area contributed by atoms with Crippen molar-refractivity contribution in [3.8, 4) is 5.75 Å².